The van der Waals surface area contributed by atoms with Gasteiger partial charge in [-0.05, 0) is 50.5 Å². The number of anilines is 1. The van der Waals surface area contributed by atoms with E-state index < -0.39 is 5.97 Å². The first kappa shape index (κ1) is 19.7. The summed E-state index contributed by atoms with van der Waals surface area (Å²) in [5.74, 6) is -0.472. The molecule has 1 aliphatic heterocycles. The predicted octanol–water partition coefficient (Wildman–Crippen LogP) is 3.01. The second-order valence-electron chi connectivity index (χ2n) is 6.59. The number of esters is 1. The molecule has 2 aromatic rings. The Hall–Kier alpha value is -3.09. The van der Waals surface area contributed by atoms with Crippen molar-refractivity contribution in [2.24, 2.45) is 0 Å². The minimum absolute atomic E-state index is 0.149. The summed E-state index contributed by atoms with van der Waals surface area (Å²) in [5.41, 5.74) is 1.90. The maximum atomic E-state index is 13.0. The number of carbonyl (C=O) groups is 2. The Balaban J connectivity index is 1.90. The van der Waals surface area contributed by atoms with Crippen LogP contribution in [-0.2, 0) is 17.7 Å². The van der Waals surface area contributed by atoms with Crippen molar-refractivity contribution >= 4 is 17.6 Å². The van der Waals surface area contributed by atoms with Crippen LogP contribution in [0.1, 0.15) is 52.6 Å². The lowest BCUT2D eigenvalue weighted by atomic mass is 10.1. The molecular formula is C21H24N2O5. The molecule has 0 saturated heterocycles. The zero-order valence-electron chi connectivity index (χ0n) is 16.1. The summed E-state index contributed by atoms with van der Waals surface area (Å²) >= 11 is 0. The molecule has 3 rings (SSSR count). The fourth-order valence-electron chi connectivity index (χ4n) is 3.42. The third-order valence-electron chi connectivity index (χ3n) is 4.78. The monoisotopic (exact) mass is 384 g/mol. The van der Waals surface area contributed by atoms with Crippen molar-refractivity contribution in [2.75, 3.05) is 19.0 Å². The lowest BCUT2D eigenvalue weighted by Crippen LogP contribution is -2.27. The quantitative estimate of drug-likeness (QED) is 0.801. The van der Waals surface area contributed by atoms with Crippen LogP contribution in [0.4, 0.5) is 5.69 Å². The molecule has 1 aliphatic rings. The molecule has 1 N–H and O–H groups in total. The van der Waals surface area contributed by atoms with E-state index in [0.717, 1.165) is 19.3 Å². The van der Waals surface area contributed by atoms with E-state index in [9.17, 15) is 14.4 Å². The van der Waals surface area contributed by atoms with Gasteiger partial charge in [0, 0.05) is 24.0 Å². The second-order valence-corrected chi connectivity index (χ2v) is 6.59. The summed E-state index contributed by atoms with van der Waals surface area (Å²) in [4.78, 5) is 37.2. The normalized spacial score (nSPS) is 13.2. The average molecular weight is 384 g/mol. The highest BCUT2D eigenvalue weighted by Gasteiger charge is 2.23. The Morgan fingerprint density at radius 2 is 1.89 bits per heavy atom. The largest absolute Gasteiger partial charge is 0.496 e. The van der Waals surface area contributed by atoms with Crippen molar-refractivity contribution in [3.63, 3.8) is 0 Å². The smallest absolute Gasteiger partial charge is 0.338 e. The van der Waals surface area contributed by atoms with E-state index in [4.69, 9.17) is 9.47 Å². The maximum absolute atomic E-state index is 13.0. The number of nitrogens with one attached hydrogen (secondary N) is 1. The number of amides is 1. The van der Waals surface area contributed by atoms with Crippen molar-refractivity contribution in [2.45, 2.75) is 39.2 Å². The van der Waals surface area contributed by atoms with Gasteiger partial charge in [0.05, 0.1) is 19.3 Å². The molecule has 0 spiro atoms. The highest BCUT2D eigenvalue weighted by Crippen LogP contribution is 2.26. The number of benzene rings is 1. The van der Waals surface area contributed by atoms with E-state index in [-0.39, 0.29) is 17.2 Å². The Morgan fingerprint density at radius 3 is 2.57 bits per heavy atom. The second kappa shape index (κ2) is 8.73. The molecule has 0 fully saturated rings. The molecule has 0 bridgehead atoms. The molecular weight excluding hydrogens is 360 g/mol. The fraction of sp³-hybridized carbons (Fsp3) is 0.381. The molecule has 0 aliphatic carbocycles. The predicted molar refractivity (Wildman–Crippen MR) is 105 cm³/mol. The van der Waals surface area contributed by atoms with Crippen molar-refractivity contribution < 1.29 is 19.1 Å². The van der Waals surface area contributed by atoms with Gasteiger partial charge < -0.3 is 19.4 Å². The van der Waals surface area contributed by atoms with Gasteiger partial charge in [0.25, 0.3) is 11.5 Å². The van der Waals surface area contributed by atoms with Gasteiger partial charge in [-0.25, -0.2) is 4.79 Å². The molecule has 0 saturated carbocycles. The highest BCUT2D eigenvalue weighted by molar-refractivity contribution is 6.07. The van der Waals surface area contributed by atoms with Gasteiger partial charge in [-0.15, -0.1) is 0 Å². The van der Waals surface area contributed by atoms with Crippen molar-refractivity contribution in [3.05, 3.63) is 57.5 Å². The van der Waals surface area contributed by atoms with Crippen LogP contribution in [0, 0.1) is 0 Å². The number of hydrogen-bond donors (Lipinski definition) is 1. The molecule has 7 nitrogen and oxygen atoms in total. The van der Waals surface area contributed by atoms with Gasteiger partial charge >= 0.3 is 5.97 Å². The number of carbonyl (C=O) groups excluding carboxylic acids is 2. The minimum Gasteiger partial charge on any atom is -0.496 e. The van der Waals surface area contributed by atoms with Gasteiger partial charge in [-0.2, -0.15) is 0 Å². The topological polar surface area (TPSA) is 86.6 Å². The first-order valence-corrected chi connectivity index (χ1v) is 9.44. The first-order valence-electron chi connectivity index (χ1n) is 9.44. The van der Waals surface area contributed by atoms with Crippen molar-refractivity contribution in [3.8, 4) is 5.75 Å². The Morgan fingerprint density at radius 1 is 1.14 bits per heavy atom. The SMILES string of the molecule is CCOC(=O)c1ccc(NC(=O)c2c(OC)cc(=O)n3c2CCCCC3)cc1. The van der Waals surface area contributed by atoms with Crippen LogP contribution in [0.5, 0.6) is 5.75 Å². The summed E-state index contributed by atoms with van der Waals surface area (Å²) in [6.07, 6.45) is 3.49. The van der Waals surface area contributed by atoms with Crippen LogP contribution in [0.3, 0.4) is 0 Å². The number of pyridine rings is 1. The molecule has 1 amide bonds. The highest BCUT2D eigenvalue weighted by atomic mass is 16.5. The van der Waals surface area contributed by atoms with E-state index in [2.05, 4.69) is 5.32 Å². The van der Waals surface area contributed by atoms with Crippen LogP contribution in [0.15, 0.2) is 35.1 Å². The molecule has 1 aromatic heterocycles. The average Bonchev–Trinajstić information content (AvgIpc) is 2.94. The van der Waals surface area contributed by atoms with Gasteiger partial charge in [0.2, 0.25) is 0 Å². The molecule has 0 unspecified atom stereocenters. The molecule has 148 valence electrons. The number of methoxy groups -OCH3 is 1. The van der Waals surface area contributed by atoms with Gasteiger partial charge in [0.1, 0.15) is 11.3 Å². The van der Waals surface area contributed by atoms with E-state index in [1.54, 1.807) is 35.8 Å². The maximum Gasteiger partial charge on any atom is 0.338 e. The molecule has 2 heterocycles. The zero-order chi connectivity index (χ0) is 20.1. The van der Waals surface area contributed by atoms with Gasteiger partial charge in [0.15, 0.2) is 0 Å². The van der Waals surface area contributed by atoms with Gasteiger partial charge in [-0.3, -0.25) is 9.59 Å². The molecule has 1 aromatic carbocycles. The Kier molecular flexibility index (Phi) is 6.13. The Bertz CT molecular complexity index is 931. The minimum atomic E-state index is -0.408. The number of ether oxygens (including phenoxy) is 2. The van der Waals surface area contributed by atoms with Crippen molar-refractivity contribution in [1.82, 2.24) is 4.57 Å². The molecule has 0 radical (unpaired) electrons. The van der Waals surface area contributed by atoms with Gasteiger partial charge in [-0.1, -0.05) is 6.42 Å². The summed E-state index contributed by atoms with van der Waals surface area (Å²) in [6, 6.07) is 7.85. The number of nitrogens with zero attached hydrogens (tertiary/aromatic N) is 1. The van der Waals surface area contributed by atoms with Crippen LogP contribution in [0.2, 0.25) is 0 Å². The van der Waals surface area contributed by atoms with E-state index in [0.29, 0.717) is 42.1 Å². The van der Waals surface area contributed by atoms with E-state index >= 15 is 0 Å². The zero-order valence-corrected chi connectivity index (χ0v) is 16.1. The number of fused-ring (bicyclic) bond motifs is 1. The summed E-state index contributed by atoms with van der Waals surface area (Å²) in [5, 5.41) is 2.83. The van der Waals surface area contributed by atoms with Crippen LogP contribution >= 0.6 is 0 Å². The standard InChI is InChI=1S/C21H24N2O5/c1-3-28-21(26)14-8-10-15(11-9-14)22-20(25)19-16-7-5-4-6-12-23(16)18(24)13-17(19)27-2/h8-11,13H,3-7,12H2,1-2H3,(H,22,25). The molecule has 7 heteroatoms. The molecule has 28 heavy (non-hydrogen) atoms. The number of aromatic nitrogens is 1. The lowest BCUT2D eigenvalue weighted by molar-refractivity contribution is 0.0526. The number of rotatable bonds is 5. The van der Waals surface area contributed by atoms with Crippen molar-refractivity contribution in [1.29, 1.82) is 0 Å². The van der Waals surface area contributed by atoms with Crippen LogP contribution < -0.4 is 15.6 Å². The number of hydrogen-bond acceptors (Lipinski definition) is 5. The molecule has 0 atom stereocenters. The van der Waals surface area contributed by atoms with Crippen LogP contribution in [0.25, 0.3) is 0 Å². The summed E-state index contributed by atoms with van der Waals surface area (Å²) in [7, 11) is 1.45. The summed E-state index contributed by atoms with van der Waals surface area (Å²) in [6.45, 7) is 2.65. The fourth-order valence-corrected chi connectivity index (χ4v) is 3.42. The third-order valence-corrected chi connectivity index (χ3v) is 4.78. The Labute approximate surface area is 163 Å². The lowest BCUT2D eigenvalue weighted by Gasteiger charge is -2.17. The third kappa shape index (κ3) is 4.08. The first-order chi connectivity index (χ1) is 13.5. The van der Waals surface area contributed by atoms with Crippen LogP contribution in [-0.4, -0.2) is 30.2 Å². The summed E-state index contributed by atoms with van der Waals surface area (Å²) < 4.78 is 12.0. The van der Waals surface area contributed by atoms with E-state index in [1.165, 1.54) is 13.2 Å². The van der Waals surface area contributed by atoms with E-state index in [1.807, 2.05) is 0 Å².